The van der Waals surface area contributed by atoms with Gasteiger partial charge in [0.2, 0.25) is 5.91 Å². The van der Waals surface area contributed by atoms with Crippen LogP contribution in [0.15, 0.2) is 55.1 Å². The molecule has 2 fully saturated rings. The maximum atomic E-state index is 13.2. The molecule has 3 aromatic rings. The van der Waals surface area contributed by atoms with E-state index in [0.29, 0.717) is 38.4 Å². The summed E-state index contributed by atoms with van der Waals surface area (Å²) in [6.45, 7) is 9.94. The van der Waals surface area contributed by atoms with Crippen LogP contribution in [0, 0.1) is 6.92 Å². The van der Waals surface area contributed by atoms with E-state index in [4.69, 9.17) is 10.7 Å². The average Bonchev–Trinajstić information content (AvgIpc) is 3.65. The predicted octanol–water partition coefficient (Wildman–Crippen LogP) is 2.77. The van der Waals surface area contributed by atoms with Gasteiger partial charge in [-0.25, -0.2) is 4.98 Å². The summed E-state index contributed by atoms with van der Waals surface area (Å²) in [6.07, 6.45) is 3.01. The summed E-state index contributed by atoms with van der Waals surface area (Å²) >= 11 is 0. The summed E-state index contributed by atoms with van der Waals surface area (Å²) in [4.78, 5) is 36.7. The van der Waals surface area contributed by atoms with E-state index >= 15 is 0 Å². The molecular weight excluding hydrogens is 476 g/mol. The molecule has 2 aliphatic heterocycles. The molecule has 0 spiro atoms. The Bertz CT molecular complexity index is 1420. The first-order valence-electron chi connectivity index (χ1n) is 13.4. The number of anilines is 2. The third-order valence-electron chi connectivity index (χ3n) is 8.09. The highest BCUT2D eigenvalue weighted by atomic mass is 16.2. The molecule has 2 amide bonds. The van der Waals surface area contributed by atoms with Crippen LogP contribution < -0.4 is 20.9 Å². The van der Waals surface area contributed by atoms with E-state index in [9.17, 15) is 9.59 Å². The number of rotatable bonds is 5. The molecule has 8 nitrogen and oxygen atoms in total. The molecule has 2 atom stereocenters. The van der Waals surface area contributed by atoms with Gasteiger partial charge in [0.15, 0.2) is 0 Å². The average molecular weight is 511 g/mol. The maximum absolute atomic E-state index is 13.2. The second-order valence-electron chi connectivity index (χ2n) is 10.6. The minimum atomic E-state index is -0.175. The number of amides is 2. The largest absolute Gasteiger partial charge is 0.368 e. The molecule has 1 saturated carbocycles. The Hall–Kier alpha value is -3.91. The number of pyridine rings is 1. The van der Waals surface area contributed by atoms with E-state index < -0.39 is 0 Å². The molecule has 8 heteroatoms. The van der Waals surface area contributed by atoms with Crippen LogP contribution in [-0.4, -0.2) is 66.5 Å². The Kier molecular flexibility index (Phi) is 6.27. The number of hydrogen-bond acceptors (Lipinski definition) is 6. The Balaban J connectivity index is 1.34. The van der Waals surface area contributed by atoms with Crippen molar-refractivity contribution in [2.75, 3.05) is 42.5 Å². The zero-order chi connectivity index (χ0) is 26.4. The topological polar surface area (TPSA) is 94.8 Å². The second kappa shape index (κ2) is 9.76. The van der Waals surface area contributed by atoms with Gasteiger partial charge in [0.05, 0.1) is 12.2 Å². The van der Waals surface area contributed by atoms with Gasteiger partial charge < -0.3 is 25.8 Å². The van der Waals surface area contributed by atoms with E-state index in [1.165, 1.54) is 33.7 Å². The molecule has 1 saturated heterocycles. The van der Waals surface area contributed by atoms with Crippen LogP contribution in [0.25, 0.3) is 10.8 Å². The standard InChI is InChI=1S/C30H34N6O2/c1-3-28(37)35-14-12-34(13-15-35)27-17-24(30(38)33-23-16-22(23)31)32-25-18-36(11-10-21(25)27)26-9-5-8-20-7-4-6-19(2)29(20)26/h3-9,17,22-23H,1,10-16,18,31H2,2H3,(H,33,38)/t22-,23+/m0/s1. The van der Waals surface area contributed by atoms with Crippen molar-refractivity contribution < 1.29 is 9.59 Å². The zero-order valence-electron chi connectivity index (χ0n) is 21.8. The number of hydrogen-bond donors (Lipinski definition) is 2. The highest BCUT2D eigenvalue weighted by Gasteiger charge is 2.36. The number of nitrogens with one attached hydrogen (secondary N) is 1. The van der Waals surface area contributed by atoms with Crippen molar-refractivity contribution in [1.29, 1.82) is 0 Å². The van der Waals surface area contributed by atoms with Crippen LogP contribution in [0.5, 0.6) is 0 Å². The Morgan fingerprint density at radius 3 is 2.50 bits per heavy atom. The molecule has 3 heterocycles. The van der Waals surface area contributed by atoms with Crippen molar-refractivity contribution in [3.8, 4) is 0 Å². The van der Waals surface area contributed by atoms with Crippen molar-refractivity contribution in [3.63, 3.8) is 0 Å². The van der Waals surface area contributed by atoms with Gasteiger partial charge in [-0.3, -0.25) is 9.59 Å². The van der Waals surface area contributed by atoms with Crippen molar-refractivity contribution in [2.24, 2.45) is 5.73 Å². The van der Waals surface area contributed by atoms with Crippen molar-refractivity contribution >= 4 is 34.0 Å². The Morgan fingerprint density at radius 1 is 1.05 bits per heavy atom. The first-order chi connectivity index (χ1) is 18.4. The summed E-state index contributed by atoms with van der Waals surface area (Å²) in [5.41, 5.74) is 12.0. The lowest BCUT2D eigenvalue weighted by molar-refractivity contribution is -0.126. The van der Waals surface area contributed by atoms with Crippen LogP contribution in [0.3, 0.4) is 0 Å². The molecular formula is C30H34N6O2. The lowest BCUT2D eigenvalue weighted by Crippen LogP contribution is -2.49. The fraction of sp³-hybridized carbons (Fsp3) is 0.367. The van der Waals surface area contributed by atoms with Crippen LogP contribution >= 0.6 is 0 Å². The monoisotopic (exact) mass is 510 g/mol. The van der Waals surface area contributed by atoms with Gasteiger partial charge in [-0.1, -0.05) is 36.9 Å². The number of carbonyl (C=O) groups is 2. The van der Waals surface area contributed by atoms with Gasteiger partial charge in [-0.2, -0.15) is 0 Å². The fourth-order valence-corrected chi connectivity index (χ4v) is 5.81. The van der Waals surface area contributed by atoms with E-state index in [0.717, 1.165) is 30.8 Å². The molecule has 38 heavy (non-hydrogen) atoms. The van der Waals surface area contributed by atoms with Crippen LogP contribution in [0.2, 0.25) is 0 Å². The van der Waals surface area contributed by atoms with E-state index in [-0.39, 0.29) is 23.9 Å². The van der Waals surface area contributed by atoms with Gasteiger partial charge in [-0.15, -0.1) is 0 Å². The van der Waals surface area contributed by atoms with Crippen molar-refractivity contribution in [1.82, 2.24) is 15.2 Å². The van der Waals surface area contributed by atoms with E-state index in [1.807, 2.05) is 11.0 Å². The lowest BCUT2D eigenvalue weighted by Gasteiger charge is -2.39. The van der Waals surface area contributed by atoms with Crippen LogP contribution in [-0.2, 0) is 17.8 Å². The van der Waals surface area contributed by atoms with Gasteiger partial charge in [0.1, 0.15) is 5.69 Å². The highest BCUT2D eigenvalue weighted by molar-refractivity contribution is 5.97. The summed E-state index contributed by atoms with van der Waals surface area (Å²) in [5.74, 6) is -0.214. The molecule has 1 aliphatic carbocycles. The first kappa shape index (κ1) is 24.4. The first-order valence-corrected chi connectivity index (χ1v) is 13.4. The molecule has 0 bridgehead atoms. The minimum absolute atomic E-state index is 0.0207. The molecule has 196 valence electrons. The maximum Gasteiger partial charge on any atom is 0.270 e. The predicted molar refractivity (Wildman–Crippen MR) is 151 cm³/mol. The number of benzene rings is 2. The van der Waals surface area contributed by atoms with Crippen molar-refractivity contribution in [2.45, 2.75) is 38.4 Å². The summed E-state index contributed by atoms with van der Waals surface area (Å²) in [6, 6.07) is 14.8. The highest BCUT2D eigenvalue weighted by Crippen LogP contribution is 2.36. The molecule has 0 radical (unpaired) electrons. The number of nitrogens with zero attached hydrogens (tertiary/aromatic N) is 4. The minimum Gasteiger partial charge on any atom is -0.368 e. The Morgan fingerprint density at radius 2 is 1.79 bits per heavy atom. The second-order valence-corrected chi connectivity index (χ2v) is 10.6. The van der Waals surface area contributed by atoms with Gasteiger partial charge in [0.25, 0.3) is 5.91 Å². The van der Waals surface area contributed by atoms with Gasteiger partial charge >= 0.3 is 0 Å². The van der Waals surface area contributed by atoms with Gasteiger partial charge in [0, 0.05) is 67.1 Å². The third-order valence-corrected chi connectivity index (χ3v) is 8.09. The molecule has 3 N–H and O–H groups in total. The van der Waals surface area contributed by atoms with E-state index in [2.05, 4.69) is 65.0 Å². The Labute approximate surface area is 223 Å². The number of aromatic nitrogens is 1. The number of piperazine rings is 1. The number of nitrogens with two attached hydrogens (primary N) is 1. The van der Waals surface area contributed by atoms with Gasteiger partial charge in [-0.05, 0) is 48.9 Å². The molecule has 1 aromatic heterocycles. The molecule has 0 unspecified atom stereocenters. The normalized spacial score (nSPS) is 20.7. The zero-order valence-corrected chi connectivity index (χ0v) is 21.8. The molecule has 3 aliphatic rings. The van der Waals surface area contributed by atoms with Crippen molar-refractivity contribution in [3.05, 3.63) is 77.6 Å². The summed E-state index contributed by atoms with van der Waals surface area (Å²) < 4.78 is 0. The quantitative estimate of drug-likeness (QED) is 0.513. The van der Waals surface area contributed by atoms with Crippen LogP contribution in [0.1, 0.15) is 33.7 Å². The third kappa shape index (κ3) is 4.49. The van der Waals surface area contributed by atoms with E-state index in [1.54, 1.807) is 0 Å². The SMILES string of the molecule is C=CC(=O)N1CCN(c2cc(C(=O)N[C@@H]3C[C@@H]3N)nc3c2CCN(c2cccc4cccc(C)c24)C3)CC1. The number of aryl methyl sites for hydroxylation is 1. The number of fused-ring (bicyclic) bond motifs is 2. The molecule has 6 rings (SSSR count). The summed E-state index contributed by atoms with van der Waals surface area (Å²) in [5, 5.41) is 5.53. The summed E-state index contributed by atoms with van der Waals surface area (Å²) in [7, 11) is 0. The number of carbonyl (C=O) groups excluding carboxylic acids is 2. The molecule has 2 aromatic carbocycles. The van der Waals surface area contributed by atoms with Crippen LogP contribution in [0.4, 0.5) is 11.4 Å². The smallest absolute Gasteiger partial charge is 0.270 e. The lowest BCUT2D eigenvalue weighted by atomic mass is 9.97. The fourth-order valence-electron chi connectivity index (χ4n) is 5.81.